The second-order valence-electron chi connectivity index (χ2n) is 6.11. The highest BCUT2D eigenvalue weighted by molar-refractivity contribution is 5.84. The van der Waals surface area contributed by atoms with E-state index in [9.17, 15) is 4.79 Å². The van der Waals surface area contributed by atoms with Gasteiger partial charge >= 0.3 is 0 Å². The summed E-state index contributed by atoms with van der Waals surface area (Å²) in [5.41, 5.74) is 0. The standard InChI is InChI=1S/C15H26O/c1-4-6-12-9-13-10(3)7-15(16)14(13)8-11(12)5-2/h10-14H,4-9H2,1-3H3. The minimum absolute atomic E-state index is 0.438. The van der Waals surface area contributed by atoms with Crippen molar-refractivity contribution < 1.29 is 4.79 Å². The van der Waals surface area contributed by atoms with Crippen LogP contribution >= 0.6 is 0 Å². The predicted octanol–water partition coefficient (Wildman–Crippen LogP) is 4.06. The zero-order valence-electron chi connectivity index (χ0n) is 11.0. The van der Waals surface area contributed by atoms with E-state index in [4.69, 9.17) is 0 Å². The van der Waals surface area contributed by atoms with Gasteiger partial charge in [0.1, 0.15) is 5.78 Å². The third-order valence-electron chi connectivity index (χ3n) is 5.17. The maximum Gasteiger partial charge on any atom is 0.136 e. The molecule has 0 saturated heterocycles. The van der Waals surface area contributed by atoms with Gasteiger partial charge < -0.3 is 0 Å². The fourth-order valence-electron chi connectivity index (χ4n) is 4.24. The van der Waals surface area contributed by atoms with E-state index < -0.39 is 0 Å². The molecule has 2 aliphatic rings. The van der Waals surface area contributed by atoms with Crippen LogP contribution in [0.5, 0.6) is 0 Å². The summed E-state index contributed by atoms with van der Waals surface area (Å²) in [5.74, 6) is 4.14. The molecule has 2 fully saturated rings. The van der Waals surface area contributed by atoms with Crippen molar-refractivity contribution >= 4 is 5.78 Å². The van der Waals surface area contributed by atoms with E-state index in [2.05, 4.69) is 20.8 Å². The highest BCUT2D eigenvalue weighted by atomic mass is 16.1. The molecule has 0 heterocycles. The second kappa shape index (κ2) is 4.89. The van der Waals surface area contributed by atoms with Gasteiger partial charge in [0.2, 0.25) is 0 Å². The zero-order valence-corrected chi connectivity index (χ0v) is 11.0. The van der Waals surface area contributed by atoms with Crippen molar-refractivity contribution in [3.63, 3.8) is 0 Å². The van der Waals surface area contributed by atoms with Crippen LogP contribution in [0, 0.1) is 29.6 Å². The molecule has 0 aromatic carbocycles. The molecule has 16 heavy (non-hydrogen) atoms. The Kier molecular flexibility index (Phi) is 3.71. The van der Waals surface area contributed by atoms with E-state index in [1.54, 1.807) is 0 Å². The zero-order chi connectivity index (χ0) is 11.7. The summed E-state index contributed by atoms with van der Waals surface area (Å²) >= 11 is 0. The number of fused-ring (bicyclic) bond motifs is 1. The van der Waals surface area contributed by atoms with Gasteiger partial charge in [-0.15, -0.1) is 0 Å². The molecule has 2 rings (SSSR count). The second-order valence-corrected chi connectivity index (χ2v) is 6.11. The smallest absolute Gasteiger partial charge is 0.136 e. The van der Waals surface area contributed by atoms with Crippen LogP contribution in [0.2, 0.25) is 0 Å². The van der Waals surface area contributed by atoms with Gasteiger partial charge in [0, 0.05) is 12.3 Å². The molecule has 0 aromatic heterocycles. The normalized spacial score (nSPS) is 43.4. The lowest BCUT2D eigenvalue weighted by molar-refractivity contribution is -0.122. The summed E-state index contributed by atoms with van der Waals surface area (Å²) < 4.78 is 0. The lowest BCUT2D eigenvalue weighted by atomic mass is 9.66. The predicted molar refractivity (Wildman–Crippen MR) is 67.2 cm³/mol. The van der Waals surface area contributed by atoms with Crippen molar-refractivity contribution in [3.05, 3.63) is 0 Å². The Bertz CT molecular complexity index is 258. The summed E-state index contributed by atoms with van der Waals surface area (Å²) in [6, 6.07) is 0. The van der Waals surface area contributed by atoms with E-state index in [-0.39, 0.29) is 0 Å². The molecular weight excluding hydrogens is 196 g/mol. The lowest BCUT2D eigenvalue weighted by Gasteiger charge is -2.39. The van der Waals surface area contributed by atoms with Gasteiger partial charge in [0.15, 0.2) is 0 Å². The molecule has 0 radical (unpaired) electrons. The topological polar surface area (TPSA) is 17.1 Å². The molecule has 0 N–H and O–H groups in total. The van der Waals surface area contributed by atoms with Crippen molar-refractivity contribution in [3.8, 4) is 0 Å². The highest BCUT2D eigenvalue weighted by Gasteiger charge is 2.46. The van der Waals surface area contributed by atoms with E-state index in [0.29, 0.717) is 17.6 Å². The molecule has 0 aliphatic heterocycles. The van der Waals surface area contributed by atoms with Crippen LogP contribution in [0.15, 0.2) is 0 Å². The number of carbonyl (C=O) groups excluding carboxylic acids is 1. The van der Waals surface area contributed by atoms with E-state index in [0.717, 1.165) is 24.2 Å². The number of carbonyl (C=O) groups is 1. The van der Waals surface area contributed by atoms with Gasteiger partial charge in [-0.3, -0.25) is 4.79 Å². The van der Waals surface area contributed by atoms with E-state index in [1.165, 1.54) is 32.1 Å². The average Bonchev–Trinajstić information content (AvgIpc) is 2.54. The van der Waals surface area contributed by atoms with Gasteiger partial charge in [-0.1, -0.05) is 40.0 Å². The Morgan fingerprint density at radius 2 is 1.94 bits per heavy atom. The summed E-state index contributed by atoms with van der Waals surface area (Å²) in [6.07, 6.45) is 7.36. The van der Waals surface area contributed by atoms with Crippen LogP contribution in [-0.4, -0.2) is 5.78 Å². The Labute approximate surface area is 100.0 Å². The summed E-state index contributed by atoms with van der Waals surface area (Å²) in [5, 5.41) is 0. The number of hydrogen-bond acceptors (Lipinski definition) is 1. The van der Waals surface area contributed by atoms with Crippen LogP contribution in [0.3, 0.4) is 0 Å². The van der Waals surface area contributed by atoms with Gasteiger partial charge in [-0.05, 0) is 36.5 Å². The Balaban J connectivity index is 2.08. The van der Waals surface area contributed by atoms with Crippen molar-refractivity contribution in [1.29, 1.82) is 0 Å². The molecule has 0 spiro atoms. The molecule has 1 heteroatoms. The maximum absolute atomic E-state index is 11.9. The maximum atomic E-state index is 11.9. The summed E-state index contributed by atoms with van der Waals surface area (Å²) in [7, 11) is 0. The summed E-state index contributed by atoms with van der Waals surface area (Å²) in [6.45, 7) is 6.89. The third-order valence-corrected chi connectivity index (χ3v) is 5.17. The Morgan fingerprint density at radius 1 is 1.19 bits per heavy atom. The van der Waals surface area contributed by atoms with Crippen molar-refractivity contribution in [2.24, 2.45) is 29.6 Å². The van der Waals surface area contributed by atoms with E-state index in [1.807, 2.05) is 0 Å². The molecule has 5 atom stereocenters. The van der Waals surface area contributed by atoms with Crippen molar-refractivity contribution in [1.82, 2.24) is 0 Å². The lowest BCUT2D eigenvalue weighted by Crippen LogP contribution is -2.32. The van der Waals surface area contributed by atoms with Crippen LogP contribution in [-0.2, 0) is 4.79 Å². The van der Waals surface area contributed by atoms with Crippen molar-refractivity contribution in [2.75, 3.05) is 0 Å². The quantitative estimate of drug-likeness (QED) is 0.703. The number of hydrogen-bond donors (Lipinski definition) is 0. The van der Waals surface area contributed by atoms with Gasteiger partial charge in [-0.25, -0.2) is 0 Å². The Hall–Kier alpha value is -0.330. The molecule has 0 amide bonds. The minimum atomic E-state index is 0.438. The van der Waals surface area contributed by atoms with Gasteiger partial charge in [-0.2, -0.15) is 0 Å². The SMILES string of the molecule is CCCC1CC2C(C)CC(=O)C2CC1CC. The largest absolute Gasteiger partial charge is 0.299 e. The first-order chi connectivity index (χ1) is 7.67. The number of ketones is 1. The summed E-state index contributed by atoms with van der Waals surface area (Å²) in [4.78, 5) is 11.9. The first kappa shape index (κ1) is 12.1. The fraction of sp³-hybridized carbons (Fsp3) is 0.933. The average molecular weight is 222 g/mol. The fourth-order valence-corrected chi connectivity index (χ4v) is 4.24. The van der Waals surface area contributed by atoms with E-state index >= 15 is 0 Å². The van der Waals surface area contributed by atoms with Crippen LogP contribution in [0.25, 0.3) is 0 Å². The van der Waals surface area contributed by atoms with Gasteiger partial charge in [0.05, 0.1) is 0 Å². The number of Topliss-reactive ketones (excluding diaryl/α,β-unsaturated/α-hetero) is 1. The van der Waals surface area contributed by atoms with Crippen molar-refractivity contribution in [2.45, 2.75) is 59.3 Å². The van der Waals surface area contributed by atoms with Crippen LogP contribution in [0.1, 0.15) is 59.3 Å². The highest BCUT2D eigenvalue weighted by Crippen LogP contribution is 2.49. The molecule has 0 aromatic rings. The molecule has 0 bridgehead atoms. The molecule has 92 valence electrons. The molecular formula is C15H26O. The Morgan fingerprint density at radius 3 is 2.56 bits per heavy atom. The molecule has 2 saturated carbocycles. The number of rotatable bonds is 3. The third kappa shape index (κ3) is 2.06. The first-order valence-electron chi connectivity index (χ1n) is 7.20. The van der Waals surface area contributed by atoms with Gasteiger partial charge in [0.25, 0.3) is 0 Å². The molecule has 1 nitrogen and oxygen atoms in total. The first-order valence-corrected chi connectivity index (χ1v) is 7.20. The molecule has 2 aliphatic carbocycles. The van der Waals surface area contributed by atoms with Crippen LogP contribution in [0.4, 0.5) is 0 Å². The molecule has 5 unspecified atom stereocenters. The van der Waals surface area contributed by atoms with Crippen LogP contribution < -0.4 is 0 Å². The minimum Gasteiger partial charge on any atom is -0.299 e. The monoisotopic (exact) mass is 222 g/mol.